The maximum absolute atomic E-state index is 12.6. The second-order valence-electron chi connectivity index (χ2n) is 8.57. The second kappa shape index (κ2) is 8.77. The molecule has 0 radical (unpaired) electrons. The molecule has 2 atom stereocenters. The summed E-state index contributed by atoms with van der Waals surface area (Å²) in [6.45, 7) is 3.67. The molecule has 0 unspecified atom stereocenters. The fourth-order valence-electron chi connectivity index (χ4n) is 4.27. The first kappa shape index (κ1) is 23.2. The minimum absolute atomic E-state index is 0.0823. The summed E-state index contributed by atoms with van der Waals surface area (Å²) >= 11 is 0. The Labute approximate surface area is 189 Å². The number of likely N-dealkylation sites (N-methyl/N-ethyl adjacent to an activating group) is 1. The van der Waals surface area contributed by atoms with E-state index in [1.54, 1.807) is 7.11 Å². The van der Waals surface area contributed by atoms with Crippen LogP contribution in [0.15, 0.2) is 18.3 Å². The van der Waals surface area contributed by atoms with Crippen molar-refractivity contribution in [2.24, 2.45) is 5.92 Å². The molecule has 8 nitrogen and oxygen atoms in total. The smallest absolute Gasteiger partial charge is 0.433 e. The number of fused-ring (bicyclic) bond motifs is 1. The molecule has 2 aliphatic rings. The van der Waals surface area contributed by atoms with Crippen molar-refractivity contribution in [3.63, 3.8) is 0 Å². The number of methoxy groups -OCH3 is 1. The number of pyridine rings is 1. The molecule has 1 amide bonds. The van der Waals surface area contributed by atoms with Crippen LogP contribution in [0.4, 0.5) is 24.7 Å². The Morgan fingerprint density at radius 2 is 2.00 bits per heavy atom. The van der Waals surface area contributed by atoms with Crippen molar-refractivity contribution in [3.05, 3.63) is 35.5 Å². The Bertz CT molecular complexity index is 1030. The van der Waals surface area contributed by atoms with Crippen LogP contribution in [0.2, 0.25) is 0 Å². The molecular formula is C22H26F3N5O3. The van der Waals surface area contributed by atoms with Gasteiger partial charge in [0, 0.05) is 20.6 Å². The average molecular weight is 465 g/mol. The van der Waals surface area contributed by atoms with Gasteiger partial charge in [0.05, 0.1) is 24.1 Å². The van der Waals surface area contributed by atoms with Gasteiger partial charge in [0.25, 0.3) is 0 Å². The van der Waals surface area contributed by atoms with Crippen LogP contribution >= 0.6 is 0 Å². The van der Waals surface area contributed by atoms with Gasteiger partial charge < -0.3 is 19.7 Å². The van der Waals surface area contributed by atoms with E-state index >= 15 is 0 Å². The van der Waals surface area contributed by atoms with Gasteiger partial charge in [-0.3, -0.25) is 4.79 Å². The molecule has 1 fully saturated rings. The van der Waals surface area contributed by atoms with Gasteiger partial charge in [0.15, 0.2) is 5.82 Å². The average Bonchev–Trinajstić information content (AvgIpc) is 2.72. The predicted molar refractivity (Wildman–Crippen MR) is 114 cm³/mol. The molecular weight excluding hydrogens is 439 g/mol. The lowest BCUT2D eigenvalue weighted by atomic mass is 9.80. The summed E-state index contributed by atoms with van der Waals surface area (Å²) in [5.41, 5.74) is 0.363. The lowest BCUT2D eigenvalue weighted by molar-refractivity contribution is -0.141. The van der Waals surface area contributed by atoms with Crippen molar-refractivity contribution >= 4 is 17.4 Å². The Kier molecular flexibility index (Phi) is 6.17. The molecule has 0 bridgehead atoms. The molecule has 0 aromatic carbocycles. The lowest BCUT2D eigenvalue weighted by Gasteiger charge is -2.38. The monoisotopic (exact) mass is 465 g/mol. The number of aryl methyl sites for hydroxylation is 1. The van der Waals surface area contributed by atoms with Crippen molar-refractivity contribution in [2.75, 3.05) is 24.4 Å². The summed E-state index contributed by atoms with van der Waals surface area (Å²) in [7, 11) is 3.38. The number of anilines is 2. The number of carbonyl (C=O) groups is 1. The van der Waals surface area contributed by atoms with Gasteiger partial charge in [-0.05, 0) is 44.7 Å². The molecule has 1 saturated carbocycles. The van der Waals surface area contributed by atoms with E-state index in [0.717, 1.165) is 25.1 Å². The number of nitrogens with zero attached hydrogens (tertiary/aromatic N) is 4. The summed E-state index contributed by atoms with van der Waals surface area (Å²) in [5, 5.41) is 2.90. The van der Waals surface area contributed by atoms with Crippen LogP contribution in [-0.2, 0) is 22.1 Å². The number of nitrogens with one attached hydrogen (secondary N) is 1. The van der Waals surface area contributed by atoms with Gasteiger partial charge >= 0.3 is 6.18 Å². The van der Waals surface area contributed by atoms with Crippen molar-refractivity contribution in [3.8, 4) is 5.75 Å². The molecule has 3 heterocycles. The first-order chi connectivity index (χ1) is 15.6. The molecule has 1 aliphatic carbocycles. The first-order valence-electron chi connectivity index (χ1n) is 10.7. The highest BCUT2D eigenvalue weighted by molar-refractivity contribution is 6.03. The summed E-state index contributed by atoms with van der Waals surface area (Å²) in [4.78, 5) is 27.1. The maximum atomic E-state index is 12.6. The van der Waals surface area contributed by atoms with Gasteiger partial charge in [-0.25, -0.2) is 15.0 Å². The molecule has 11 heteroatoms. The largest absolute Gasteiger partial charge is 0.489 e. The number of ether oxygens (including phenoxy) is 2. The molecule has 0 saturated heterocycles. The Morgan fingerprint density at radius 1 is 1.27 bits per heavy atom. The minimum Gasteiger partial charge on any atom is -0.489 e. The predicted octanol–water partition coefficient (Wildman–Crippen LogP) is 3.39. The SMILES string of the molecule is CO[C@H](C)[C@H]1C(=O)Nc2c(C)nc(CC3CC(Oc4ccc(C(F)(F)F)nc4)C3)nc2N1C. The molecule has 4 rings (SSSR count). The zero-order chi connectivity index (χ0) is 23.9. The van der Waals surface area contributed by atoms with Crippen LogP contribution in [0.25, 0.3) is 0 Å². The van der Waals surface area contributed by atoms with E-state index < -0.39 is 17.9 Å². The van der Waals surface area contributed by atoms with Gasteiger partial charge in [-0.15, -0.1) is 0 Å². The lowest BCUT2D eigenvalue weighted by Crippen LogP contribution is -2.53. The van der Waals surface area contributed by atoms with Crippen molar-refractivity contribution in [1.82, 2.24) is 15.0 Å². The summed E-state index contributed by atoms with van der Waals surface area (Å²) < 4.78 is 49.0. The van der Waals surface area contributed by atoms with Gasteiger partial charge in [0.1, 0.15) is 29.0 Å². The van der Waals surface area contributed by atoms with Crippen molar-refractivity contribution < 1.29 is 27.4 Å². The Morgan fingerprint density at radius 3 is 2.61 bits per heavy atom. The number of amides is 1. The van der Waals surface area contributed by atoms with Gasteiger partial charge in [-0.2, -0.15) is 13.2 Å². The van der Waals surface area contributed by atoms with Crippen LogP contribution < -0.4 is 15.0 Å². The van der Waals surface area contributed by atoms with Crippen LogP contribution in [0.1, 0.15) is 37.0 Å². The van der Waals surface area contributed by atoms with Crippen LogP contribution in [0, 0.1) is 12.8 Å². The van der Waals surface area contributed by atoms with Crippen LogP contribution in [-0.4, -0.2) is 53.3 Å². The summed E-state index contributed by atoms with van der Waals surface area (Å²) in [6, 6.07) is 1.71. The number of carbonyl (C=O) groups excluding carboxylic acids is 1. The first-order valence-corrected chi connectivity index (χ1v) is 10.7. The highest BCUT2D eigenvalue weighted by atomic mass is 19.4. The van der Waals surface area contributed by atoms with E-state index in [0.29, 0.717) is 41.1 Å². The van der Waals surface area contributed by atoms with Crippen molar-refractivity contribution in [1.29, 1.82) is 0 Å². The maximum Gasteiger partial charge on any atom is 0.433 e. The van der Waals surface area contributed by atoms with E-state index in [-0.39, 0.29) is 18.1 Å². The zero-order valence-corrected chi connectivity index (χ0v) is 18.8. The fourth-order valence-corrected chi connectivity index (χ4v) is 4.27. The normalized spacial score (nSPS) is 23.4. The standard InChI is InChI=1S/C22H26F3N5O3/c1-11-18-20(30(3)19(12(2)32-4)21(31)29-18)28-17(27-11)9-13-7-15(8-13)33-14-5-6-16(26-10-14)22(23,24)25/h5-6,10,12-13,15,19H,7-9H2,1-4H3,(H,29,31)/t12-,13?,15?,19+/m1/s1. The van der Waals surface area contributed by atoms with E-state index in [1.807, 2.05) is 25.8 Å². The topological polar surface area (TPSA) is 89.5 Å². The summed E-state index contributed by atoms with van der Waals surface area (Å²) in [5.74, 6) is 1.80. The highest BCUT2D eigenvalue weighted by Gasteiger charge is 2.38. The third-order valence-corrected chi connectivity index (χ3v) is 6.19. The molecule has 0 spiro atoms. The van der Waals surface area contributed by atoms with Crippen LogP contribution in [0.5, 0.6) is 5.75 Å². The number of hydrogen-bond donors (Lipinski definition) is 1. The second-order valence-corrected chi connectivity index (χ2v) is 8.57. The summed E-state index contributed by atoms with van der Waals surface area (Å²) in [6.07, 6.45) is -1.62. The van der Waals surface area contributed by atoms with E-state index in [9.17, 15) is 18.0 Å². The molecule has 1 N–H and O–H groups in total. The number of rotatable bonds is 6. The third-order valence-electron chi connectivity index (χ3n) is 6.19. The molecule has 2 aromatic rings. The molecule has 2 aromatic heterocycles. The van der Waals surface area contributed by atoms with Crippen molar-refractivity contribution in [2.45, 2.75) is 57.5 Å². The Balaban J connectivity index is 1.38. The number of alkyl halides is 3. The number of halogens is 3. The van der Waals surface area contributed by atoms with E-state index in [2.05, 4.69) is 15.3 Å². The zero-order valence-electron chi connectivity index (χ0n) is 18.8. The van der Waals surface area contributed by atoms with Crippen LogP contribution in [0.3, 0.4) is 0 Å². The molecule has 33 heavy (non-hydrogen) atoms. The number of hydrogen-bond acceptors (Lipinski definition) is 7. The highest BCUT2D eigenvalue weighted by Crippen LogP contribution is 2.37. The van der Waals surface area contributed by atoms with Gasteiger partial charge in [-0.1, -0.05) is 0 Å². The Hall–Kier alpha value is -2.95. The third kappa shape index (κ3) is 4.73. The van der Waals surface area contributed by atoms with Gasteiger partial charge in [0.2, 0.25) is 5.91 Å². The molecule has 178 valence electrons. The minimum atomic E-state index is -4.47. The molecule has 1 aliphatic heterocycles. The fraction of sp³-hybridized carbons (Fsp3) is 0.545. The van der Waals surface area contributed by atoms with E-state index in [4.69, 9.17) is 14.5 Å². The van der Waals surface area contributed by atoms with E-state index in [1.165, 1.54) is 6.07 Å². The quantitative estimate of drug-likeness (QED) is 0.700. The number of aromatic nitrogens is 3.